The summed E-state index contributed by atoms with van der Waals surface area (Å²) in [6, 6.07) is 16.5. The van der Waals surface area contributed by atoms with Gasteiger partial charge >= 0.3 is 0 Å². The zero-order valence-corrected chi connectivity index (χ0v) is 24.2. The lowest BCUT2D eigenvalue weighted by Crippen LogP contribution is -2.51. The second kappa shape index (κ2) is 14.1. The molecule has 0 heterocycles. The molecule has 0 aliphatic heterocycles. The van der Waals surface area contributed by atoms with Gasteiger partial charge in [0.25, 0.3) is 10.0 Å². The molecule has 3 rings (SSSR count). The van der Waals surface area contributed by atoms with Crippen LogP contribution in [0.3, 0.4) is 0 Å². The maximum Gasteiger partial charge on any atom is 0.264 e. The van der Waals surface area contributed by atoms with Crippen LogP contribution in [0, 0.1) is 5.82 Å². The lowest BCUT2D eigenvalue weighted by Gasteiger charge is -2.32. The number of unbranched alkanes of at least 4 members (excludes halogenated alkanes) is 1. The fourth-order valence-corrected chi connectivity index (χ4v) is 5.46. The number of hydrogen-bond acceptors (Lipinski definition) is 5. The summed E-state index contributed by atoms with van der Waals surface area (Å²) in [7, 11) is -2.76. The molecule has 0 fully saturated rings. The van der Waals surface area contributed by atoms with Gasteiger partial charge in [0.15, 0.2) is 0 Å². The van der Waals surface area contributed by atoms with E-state index in [4.69, 9.17) is 16.3 Å². The Morgan fingerprint density at radius 2 is 1.62 bits per heavy atom. The Balaban J connectivity index is 1.99. The minimum Gasteiger partial charge on any atom is -0.497 e. The number of hydrogen-bond donors (Lipinski definition) is 1. The van der Waals surface area contributed by atoms with Crippen molar-refractivity contribution in [3.05, 3.63) is 89.2 Å². The van der Waals surface area contributed by atoms with Crippen molar-refractivity contribution in [2.75, 3.05) is 24.5 Å². The molecule has 0 aliphatic rings. The largest absolute Gasteiger partial charge is 0.497 e. The van der Waals surface area contributed by atoms with Crippen LogP contribution in [0.4, 0.5) is 10.1 Å². The summed E-state index contributed by atoms with van der Waals surface area (Å²) in [5.74, 6) is -0.956. The molecule has 1 unspecified atom stereocenters. The standard InChI is InChI=1S/C29H33ClFN3O5S/c1-4-5-18-32-29(36)21(2)33(19-22-6-10-24(31)11-7-22)28(35)20-34(25-12-8-23(30)9-13-25)40(37,38)27-16-14-26(39-3)15-17-27/h6-17,21H,4-5,18-20H2,1-3H3,(H,32,36). The molecule has 0 aliphatic carbocycles. The fourth-order valence-electron chi connectivity index (χ4n) is 3.92. The van der Waals surface area contributed by atoms with Crippen LogP contribution >= 0.6 is 11.6 Å². The number of sulfonamides is 1. The Morgan fingerprint density at radius 1 is 1.00 bits per heavy atom. The molecule has 8 nitrogen and oxygen atoms in total. The average Bonchev–Trinajstić information content (AvgIpc) is 2.95. The van der Waals surface area contributed by atoms with E-state index in [0.29, 0.717) is 22.9 Å². The van der Waals surface area contributed by atoms with Crippen LogP contribution in [0.5, 0.6) is 5.75 Å². The van der Waals surface area contributed by atoms with Gasteiger partial charge < -0.3 is 15.0 Å². The quantitative estimate of drug-likeness (QED) is 0.283. The molecule has 3 aromatic rings. The molecule has 11 heteroatoms. The highest BCUT2D eigenvalue weighted by molar-refractivity contribution is 7.92. The van der Waals surface area contributed by atoms with E-state index >= 15 is 0 Å². The molecule has 0 aromatic heterocycles. The van der Waals surface area contributed by atoms with Crippen LogP contribution in [0.1, 0.15) is 32.3 Å². The van der Waals surface area contributed by atoms with Crippen LogP contribution in [-0.2, 0) is 26.2 Å². The highest BCUT2D eigenvalue weighted by atomic mass is 35.5. The van der Waals surface area contributed by atoms with Crippen molar-refractivity contribution in [3.63, 3.8) is 0 Å². The van der Waals surface area contributed by atoms with Crippen molar-refractivity contribution in [1.82, 2.24) is 10.2 Å². The highest BCUT2D eigenvalue weighted by Crippen LogP contribution is 2.27. The van der Waals surface area contributed by atoms with Gasteiger partial charge in [0.2, 0.25) is 11.8 Å². The molecule has 1 N–H and O–H groups in total. The molecule has 0 saturated carbocycles. The highest BCUT2D eigenvalue weighted by Gasteiger charge is 2.32. The summed E-state index contributed by atoms with van der Waals surface area (Å²) in [5.41, 5.74) is 0.800. The number of methoxy groups -OCH3 is 1. The third-order valence-electron chi connectivity index (χ3n) is 6.30. The first-order valence-corrected chi connectivity index (χ1v) is 14.6. The van der Waals surface area contributed by atoms with E-state index in [-0.39, 0.29) is 23.0 Å². The van der Waals surface area contributed by atoms with Crippen molar-refractivity contribution < 1.29 is 27.1 Å². The topological polar surface area (TPSA) is 96.0 Å². The monoisotopic (exact) mass is 589 g/mol. The van der Waals surface area contributed by atoms with E-state index in [1.807, 2.05) is 6.92 Å². The molecule has 0 radical (unpaired) electrons. The first-order valence-electron chi connectivity index (χ1n) is 12.8. The Kier molecular flexibility index (Phi) is 10.9. The number of carbonyl (C=O) groups excluding carboxylic acids is 2. The van der Waals surface area contributed by atoms with Crippen molar-refractivity contribution in [1.29, 1.82) is 0 Å². The number of amides is 2. The zero-order chi connectivity index (χ0) is 29.3. The summed E-state index contributed by atoms with van der Waals surface area (Å²) in [5, 5.41) is 3.22. The second-order valence-electron chi connectivity index (χ2n) is 9.13. The molecular weight excluding hydrogens is 557 g/mol. The van der Waals surface area contributed by atoms with Gasteiger partial charge in [0.05, 0.1) is 17.7 Å². The van der Waals surface area contributed by atoms with Crippen LogP contribution in [0.15, 0.2) is 77.7 Å². The normalized spacial score (nSPS) is 11.9. The molecule has 0 bridgehead atoms. The van der Waals surface area contributed by atoms with E-state index in [1.54, 1.807) is 6.92 Å². The van der Waals surface area contributed by atoms with Crippen molar-refractivity contribution >= 4 is 39.1 Å². The third kappa shape index (κ3) is 7.95. The summed E-state index contributed by atoms with van der Waals surface area (Å²) in [6.07, 6.45) is 1.65. The lowest BCUT2D eigenvalue weighted by atomic mass is 10.1. The number of rotatable bonds is 13. The fraction of sp³-hybridized carbons (Fsp3) is 0.310. The minimum atomic E-state index is -4.23. The van der Waals surface area contributed by atoms with Gasteiger partial charge in [-0.05, 0) is 79.6 Å². The van der Waals surface area contributed by atoms with E-state index in [2.05, 4.69) is 5.32 Å². The molecule has 2 amide bonds. The van der Waals surface area contributed by atoms with E-state index in [1.165, 1.54) is 84.8 Å². The number of nitrogens with one attached hydrogen (secondary N) is 1. The Hall–Kier alpha value is -3.63. The van der Waals surface area contributed by atoms with Crippen LogP contribution in [0.2, 0.25) is 5.02 Å². The van der Waals surface area contributed by atoms with E-state index in [0.717, 1.165) is 17.1 Å². The van der Waals surface area contributed by atoms with Crippen LogP contribution in [0.25, 0.3) is 0 Å². The van der Waals surface area contributed by atoms with Gasteiger partial charge in [-0.25, -0.2) is 12.8 Å². The number of benzene rings is 3. The smallest absolute Gasteiger partial charge is 0.264 e. The van der Waals surface area contributed by atoms with Gasteiger partial charge in [-0.3, -0.25) is 13.9 Å². The van der Waals surface area contributed by atoms with Gasteiger partial charge in [-0.2, -0.15) is 0 Å². The Bertz CT molecular complexity index is 1380. The molecule has 40 heavy (non-hydrogen) atoms. The predicted octanol–water partition coefficient (Wildman–Crippen LogP) is 5.02. The van der Waals surface area contributed by atoms with Gasteiger partial charge in [-0.15, -0.1) is 0 Å². The number of nitrogens with zero attached hydrogens (tertiary/aromatic N) is 2. The summed E-state index contributed by atoms with van der Waals surface area (Å²) in [4.78, 5) is 28.0. The lowest BCUT2D eigenvalue weighted by molar-refractivity contribution is -0.139. The number of carbonyl (C=O) groups is 2. The van der Waals surface area contributed by atoms with Gasteiger partial charge in [-0.1, -0.05) is 37.1 Å². The SMILES string of the molecule is CCCCNC(=O)C(C)N(Cc1ccc(F)cc1)C(=O)CN(c1ccc(Cl)cc1)S(=O)(=O)c1ccc(OC)cc1. The maximum absolute atomic E-state index is 13.8. The second-order valence-corrected chi connectivity index (χ2v) is 11.4. The Labute approximate surface area is 239 Å². The first-order chi connectivity index (χ1) is 19.1. The number of ether oxygens (including phenoxy) is 1. The predicted molar refractivity (Wildman–Crippen MR) is 153 cm³/mol. The van der Waals surface area contributed by atoms with Crippen LogP contribution in [-0.4, -0.2) is 51.4 Å². The van der Waals surface area contributed by atoms with Crippen molar-refractivity contribution in [2.45, 2.75) is 44.2 Å². The van der Waals surface area contributed by atoms with E-state index < -0.39 is 34.3 Å². The zero-order valence-electron chi connectivity index (χ0n) is 22.6. The molecule has 0 saturated heterocycles. The summed E-state index contributed by atoms with van der Waals surface area (Å²) in [6.45, 7) is 3.39. The molecule has 0 spiro atoms. The maximum atomic E-state index is 13.8. The summed E-state index contributed by atoms with van der Waals surface area (Å²) < 4.78 is 47.3. The number of anilines is 1. The molecule has 3 aromatic carbocycles. The molecule has 214 valence electrons. The molecule has 1 atom stereocenters. The van der Waals surface area contributed by atoms with Crippen molar-refractivity contribution in [2.24, 2.45) is 0 Å². The average molecular weight is 590 g/mol. The number of halogens is 2. The van der Waals surface area contributed by atoms with E-state index in [9.17, 15) is 22.4 Å². The third-order valence-corrected chi connectivity index (χ3v) is 8.34. The molecular formula is C29H33ClFN3O5S. The first kappa shape index (κ1) is 30.9. The van der Waals surface area contributed by atoms with Gasteiger partial charge in [0, 0.05) is 18.1 Å². The Morgan fingerprint density at radius 3 is 2.20 bits per heavy atom. The van der Waals surface area contributed by atoms with Crippen molar-refractivity contribution in [3.8, 4) is 5.75 Å². The summed E-state index contributed by atoms with van der Waals surface area (Å²) >= 11 is 6.04. The van der Waals surface area contributed by atoms with Gasteiger partial charge in [0.1, 0.15) is 24.2 Å². The van der Waals surface area contributed by atoms with Crippen LogP contribution < -0.4 is 14.4 Å². The minimum absolute atomic E-state index is 0.0292.